The third kappa shape index (κ3) is 4.28. The summed E-state index contributed by atoms with van der Waals surface area (Å²) in [5.74, 6) is 0.692. The molecule has 0 saturated carbocycles. The fraction of sp³-hybridized carbons (Fsp3) is 0.182. The first-order valence-electron chi connectivity index (χ1n) is 8.72. The lowest BCUT2D eigenvalue weighted by Gasteiger charge is -2.13. The first-order chi connectivity index (χ1) is 12.7. The quantitative estimate of drug-likeness (QED) is 0.668. The number of nitrogens with one attached hydrogen (secondary N) is 1. The summed E-state index contributed by atoms with van der Waals surface area (Å²) in [7, 11) is 0. The Morgan fingerprint density at radius 2 is 1.92 bits per heavy atom. The molecule has 1 heterocycles. The Bertz CT molecular complexity index is 912. The lowest BCUT2D eigenvalue weighted by Crippen LogP contribution is -2.24. The molecule has 0 radical (unpaired) electrons. The molecule has 26 heavy (non-hydrogen) atoms. The van der Waals surface area contributed by atoms with Crippen LogP contribution in [0.2, 0.25) is 0 Å². The number of para-hydroxylation sites is 1. The number of rotatable bonds is 6. The van der Waals surface area contributed by atoms with E-state index < -0.39 is 0 Å². The summed E-state index contributed by atoms with van der Waals surface area (Å²) >= 11 is 0. The van der Waals surface area contributed by atoms with Gasteiger partial charge in [-0.3, -0.25) is 9.78 Å². The summed E-state index contributed by atoms with van der Waals surface area (Å²) in [5, 5.41) is 4.03. The second-order valence-electron chi connectivity index (χ2n) is 5.99. The molecule has 1 aromatic heterocycles. The second kappa shape index (κ2) is 8.30. The highest BCUT2D eigenvalue weighted by atomic mass is 16.5. The third-order valence-electron chi connectivity index (χ3n) is 4.13. The van der Waals surface area contributed by atoms with Gasteiger partial charge < -0.3 is 10.1 Å². The van der Waals surface area contributed by atoms with Crippen LogP contribution in [0.3, 0.4) is 0 Å². The number of fused-ring (bicyclic) bond motifs is 1. The van der Waals surface area contributed by atoms with E-state index in [1.165, 1.54) is 0 Å². The van der Waals surface area contributed by atoms with Crippen LogP contribution in [0.25, 0.3) is 17.0 Å². The predicted octanol–water partition coefficient (Wildman–Crippen LogP) is 4.52. The van der Waals surface area contributed by atoms with Crippen molar-refractivity contribution in [2.45, 2.75) is 19.9 Å². The number of aromatic nitrogens is 1. The zero-order valence-electron chi connectivity index (χ0n) is 15.0. The van der Waals surface area contributed by atoms with Gasteiger partial charge in [0.2, 0.25) is 5.91 Å². The van der Waals surface area contributed by atoms with Crippen molar-refractivity contribution in [1.29, 1.82) is 0 Å². The number of carbonyl (C=O) groups is 1. The number of ether oxygens (including phenoxy) is 1. The van der Waals surface area contributed by atoms with Crippen LogP contribution in [0.4, 0.5) is 0 Å². The molecule has 0 saturated heterocycles. The topological polar surface area (TPSA) is 51.2 Å². The van der Waals surface area contributed by atoms with E-state index in [9.17, 15) is 4.79 Å². The van der Waals surface area contributed by atoms with E-state index >= 15 is 0 Å². The van der Waals surface area contributed by atoms with Crippen LogP contribution in [-0.4, -0.2) is 17.5 Å². The van der Waals surface area contributed by atoms with Crippen LogP contribution in [-0.2, 0) is 4.79 Å². The number of nitrogens with zero attached hydrogens (tertiary/aromatic N) is 1. The van der Waals surface area contributed by atoms with Crippen LogP contribution in [0, 0.1) is 0 Å². The molecule has 1 unspecified atom stereocenters. The van der Waals surface area contributed by atoms with Crippen molar-refractivity contribution >= 4 is 22.9 Å². The molecule has 4 nitrogen and oxygen atoms in total. The van der Waals surface area contributed by atoms with E-state index in [4.69, 9.17) is 4.74 Å². The van der Waals surface area contributed by atoms with E-state index in [1.54, 1.807) is 18.3 Å². The van der Waals surface area contributed by atoms with Gasteiger partial charge in [-0.2, -0.15) is 0 Å². The summed E-state index contributed by atoms with van der Waals surface area (Å²) in [6.45, 7) is 4.55. The lowest BCUT2D eigenvalue weighted by atomic mass is 10.1. The predicted molar refractivity (Wildman–Crippen MR) is 105 cm³/mol. The summed E-state index contributed by atoms with van der Waals surface area (Å²) < 4.78 is 5.44. The Hall–Kier alpha value is -3.14. The Morgan fingerprint density at radius 1 is 1.15 bits per heavy atom. The normalized spacial score (nSPS) is 12.2. The zero-order valence-corrected chi connectivity index (χ0v) is 15.0. The van der Waals surface area contributed by atoms with Crippen LogP contribution < -0.4 is 10.1 Å². The molecule has 0 aliphatic carbocycles. The van der Waals surface area contributed by atoms with Crippen molar-refractivity contribution in [3.63, 3.8) is 0 Å². The highest BCUT2D eigenvalue weighted by molar-refractivity contribution is 5.95. The molecule has 2 aromatic carbocycles. The van der Waals surface area contributed by atoms with Crippen molar-refractivity contribution in [3.05, 3.63) is 78.0 Å². The van der Waals surface area contributed by atoms with Gasteiger partial charge >= 0.3 is 0 Å². The minimum Gasteiger partial charge on any atom is -0.494 e. The number of pyridine rings is 1. The lowest BCUT2D eigenvalue weighted by molar-refractivity contribution is -0.117. The summed E-state index contributed by atoms with van der Waals surface area (Å²) in [4.78, 5) is 16.7. The number of hydrogen-bond donors (Lipinski definition) is 1. The summed E-state index contributed by atoms with van der Waals surface area (Å²) in [5.41, 5.74) is 2.84. The van der Waals surface area contributed by atoms with E-state index in [-0.39, 0.29) is 11.9 Å². The van der Waals surface area contributed by atoms with E-state index in [0.29, 0.717) is 6.61 Å². The Balaban J connectivity index is 1.66. The largest absolute Gasteiger partial charge is 0.494 e. The van der Waals surface area contributed by atoms with Gasteiger partial charge in [0.25, 0.3) is 0 Å². The maximum absolute atomic E-state index is 12.3. The minimum absolute atomic E-state index is 0.0894. The van der Waals surface area contributed by atoms with E-state index in [1.807, 2.05) is 68.4 Å². The molecule has 3 rings (SSSR count). The Labute approximate surface area is 153 Å². The van der Waals surface area contributed by atoms with Gasteiger partial charge in [-0.1, -0.05) is 36.4 Å². The fourth-order valence-electron chi connectivity index (χ4n) is 2.79. The highest BCUT2D eigenvalue weighted by Gasteiger charge is 2.08. The van der Waals surface area contributed by atoms with Gasteiger partial charge in [0.1, 0.15) is 5.75 Å². The van der Waals surface area contributed by atoms with Gasteiger partial charge in [-0.05, 0) is 43.7 Å². The molecular weight excluding hydrogens is 324 g/mol. The van der Waals surface area contributed by atoms with Crippen LogP contribution in [0.1, 0.15) is 31.0 Å². The van der Waals surface area contributed by atoms with Crippen LogP contribution >= 0.6 is 0 Å². The molecule has 1 atom stereocenters. The van der Waals surface area contributed by atoms with Crippen molar-refractivity contribution in [1.82, 2.24) is 10.3 Å². The van der Waals surface area contributed by atoms with Crippen molar-refractivity contribution < 1.29 is 9.53 Å². The number of benzene rings is 2. The molecule has 1 N–H and O–H groups in total. The molecule has 1 amide bonds. The van der Waals surface area contributed by atoms with Crippen molar-refractivity contribution in [2.24, 2.45) is 0 Å². The maximum Gasteiger partial charge on any atom is 0.244 e. The molecule has 0 aliphatic heterocycles. The maximum atomic E-state index is 12.3. The van der Waals surface area contributed by atoms with Gasteiger partial charge in [0.15, 0.2) is 0 Å². The van der Waals surface area contributed by atoms with Crippen LogP contribution in [0.5, 0.6) is 5.75 Å². The molecule has 0 aliphatic rings. The van der Waals surface area contributed by atoms with Gasteiger partial charge in [-0.15, -0.1) is 0 Å². The average molecular weight is 346 g/mol. The van der Waals surface area contributed by atoms with Gasteiger partial charge in [0.05, 0.1) is 18.2 Å². The monoisotopic (exact) mass is 346 g/mol. The summed E-state index contributed by atoms with van der Waals surface area (Å²) in [6.07, 6.45) is 5.11. The smallest absolute Gasteiger partial charge is 0.244 e. The van der Waals surface area contributed by atoms with E-state index in [0.717, 1.165) is 27.8 Å². The third-order valence-corrected chi connectivity index (χ3v) is 4.13. The second-order valence-corrected chi connectivity index (χ2v) is 5.99. The molecule has 132 valence electrons. The van der Waals surface area contributed by atoms with Crippen LogP contribution in [0.15, 0.2) is 66.9 Å². The van der Waals surface area contributed by atoms with Crippen molar-refractivity contribution in [3.8, 4) is 5.75 Å². The Kier molecular flexibility index (Phi) is 5.64. The molecule has 0 bridgehead atoms. The molecule has 4 heteroatoms. The molecule has 3 aromatic rings. The van der Waals surface area contributed by atoms with Gasteiger partial charge in [0, 0.05) is 23.2 Å². The zero-order chi connectivity index (χ0) is 18.4. The molecule has 0 fully saturated rings. The average Bonchev–Trinajstić information content (AvgIpc) is 2.67. The summed E-state index contributed by atoms with van der Waals surface area (Å²) in [6, 6.07) is 17.5. The highest BCUT2D eigenvalue weighted by Crippen LogP contribution is 2.19. The molecule has 0 spiro atoms. The SMILES string of the molecule is CCOc1ccc(C(C)NC(=O)/C=C/c2cccc3cccnc23)cc1. The first-order valence-corrected chi connectivity index (χ1v) is 8.72. The van der Waals surface area contributed by atoms with E-state index in [2.05, 4.69) is 10.3 Å². The Morgan fingerprint density at radius 3 is 2.69 bits per heavy atom. The fourth-order valence-corrected chi connectivity index (χ4v) is 2.79. The number of carbonyl (C=O) groups excluding carboxylic acids is 1. The number of amides is 1. The standard InChI is InChI=1S/C22H22N2O2/c1-3-26-20-12-9-17(10-13-20)16(2)24-21(25)14-11-19-7-4-6-18-8-5-15-23-22(18)19/h4-16H,3H2,1-2H3,(H,24,25)/b14-11+. The first kappa shape index (κ1) is 17.7. The van der Waals surface area contributed by atoms with Crippen molar-refractivity contribution in [2.75, 3.05) is 6.61 Å². The minimum atomic E-state index is -0.140. The van der Waals surface area contributed by atoms with Gasteiger partial charge in [-0.25, -0.2) is 0 Å². The molecular formula is C22H22N2O2. The number of hydrogen-bond acceptors (Lipinski definition) is 3.